The Morgan fingerprint density at radius 2 is 1.66 bits per heavy atom. The van der Waals surface area contributed by atoms with Gasteiger partial charge in [-0.2, -0.15) is 4.98 Å². The number of piperazine rings is 1. The number of hydrogen-bond donors (Lipinski definition) is 4. The van der Waals surface area contributed by atoms with E-state index >= 15 is 0 Å². The van der Waals surface area contributed by atoms with E-state index in [0.29, 0.717) is 93.0 Å². The molecule has 0 radical (unpaired) electrons. The van der Waals surface area contributed by atoms with Crippen molar-refractivity contribution in [3.63, 3.8) is 0 Å². The highest BCUT2D eigenvalue weighted by Gasteiger charge is 2.48. The number of nitrogens with one attached hydrogen (secondary N) is 3. The van der Waals surface area contributed by atoms with Gasteiger partial charge in [-0.25, -0.2) is 18.1 Å². The molecule has 21 nitrogen and oxygen atoms in total. The first-order valence-electron chi connectivity index (χ1n) is 32.2. The lowest BCUT2D eigenvalue weighted by atomic mass is 9.58. The van der Waals surface area contributed by atoms with Crippen molar-refractivity contribution in [3.05, 3.63) is 124 Å². The molecule has 1 amide bonds. The number of ether oxygens (including phenoxy) is 4. The third kappa shape index (κ3) is 12.6. The number of carbonyl (C=O) groups is 1. The van der Waals surface area contributed by atoms with E-state index in [4.69, 9.17) is 28.9 Å². The molecule has 6 fully saturated rings. The van der Waals surface area contributed by atoms with Crippen LogP contribution in [0, 0.1) is 21.4 Å². The summed E-state index contributed by atoms with van der Waals surface area (Å²) in [6, 6.07) is 24.7. The van der Waals surface area contributed by atoms with Crippen LogP contribution in [0.4, 0.5) is 34.3 Å². The molecule has 3 atom stereocenters. The zero-order valence-electron chi connectivity index (χ0n) is 51.7. The number of benzene rings is 3. The van der Waals surface area contributed by atoms with Gasteiger partial charge in [0.05, 0.1) is 59.6 Å². The fourth-order valence-corrected chi connectivity index (χ4v) is 16.5. The largest absolute Gasteiger partial charge is 0.493 e. The van der Waals surface area contributed by atoms with Crippen LogP contribution in [0.5, 0.6) is 11.6 Å². The number of piperidine rings is 1. The average molecular weight is 1240 g/mol. The van der Waals surface area contributed by atoms with E-state index in [9.17, 15) is 28.4 Å². The summed E-state index contributed by atoms with van der Waals surface area (Å²) >= 11 is 0. The van der Waals surface area contributed by atoms with Crippen molar-refractivity contribution in [2.24, 2.45) is 11.3 Å². The summed E-state index contributed by atoms with van der Waals surface area (Å²) < 4.78 is 55.1. The van der Waals surface area contributed by atoms with Crippen LogP contribution in [0.25, 0.3) is 11.0 Å². The highest BCUT2D eigenvalue weighted by molar-refractivity contribution is 7.90. The van der Waals surface area contributed by atoms with Crippen LogP contribution >= 0.6 is 0 Å². The second kappa shape index (κ2) is 25.3. The minimum absolute atomic E-state index is 0.106. The molecule has 4 N–H and O–H groups in total. The van der Waals surface area contributed by atoms with Crippen LogP contribution in [0.15, 0.2) is 96.2 Å². The molecule has 3 aromatic heterocycles. The molecule has 0 unspecified atom stereocenters. The predicted octanol–water partition coefficient (Wildman–Crippen LogP) is 9.74. The predicted molar refractivity (Wildman–Crippen MR) is 343 cm³/mol. The van der Waals surface area contributed by atoms with Crippen LogP contribution in [0.1, 0.15) is 124 Å². The number of nitro groups is 1. The van der Waals surface area contributed by atoms with Crippen molar-refractivity contribution in [1.82, 2.24) is 29.5 Å². The van der Waals surface area contributed by atoms with Gasteiger partial charge in [0.2, 0.25) is 5.88 Å². The number of rotatable bonds is 16. The van der Waals surface area contributed by atoms with Gasteiger partial charge in [-0.3, -0.25) is 24.7 Å². The molecule has 13 rings (SSSR count). The maximum absolute atomic E-state index is 14.9. The maximum atomic E-state index is 14.9. The first-order valence-corrected chi connectivity index (χ1v) is 33.6. The SMILES string of the molecule is COc1cc(CN2CCC3(CCC(N4CCN(c5ccc(C(=O)NS(=O)(=O)c6ccc(NCC7CCC(C)(O)CC7)c([N+](=O)[O-])c6)c(N6c7cc8cc[nH]c8nc7O[C@H]7COCC[C@@H]76)c5)CC4)CC3)[C@H](c3ccccc3C(C)C)C2)cnc1N1CCOCC1. The molecule has 7 aliphatic rings. The molecule has 1 spiro atoms. The van der Waals surface area contributed by atoms with Crippen molar-refractivity contribution in [3.8, 4) is 11.6 Å². The average Bonchev–Trinajstić information content (AvgIpc) is 1.51. The Balaban J connectivity index is 0.731. The van der Waals surface area contributed by atoms with Crippen LogP contribution in [-0.4, -0.2) is 165 Å². The van der Waals surface area contributed by atoms with Crippen molar-refractivity contribution in [1.29, 1.82) is 0 Å². The van der Waals surface area contributed by atoms with Crippen LogP contribution in [0.3, 0.4) is 0 Å². The second-order valence-corrected chi connectivity index (χ2v) is 28.2. The molecule has 474 valence electrons. The highest BCUT2D eigenvalue weighted by atomic mass is 32.2. The minimum Gasteiger partial charge on any atom is -0.493 e. The Hall–Kier alpha value is -7.08. The molecule has 3 aromatic carbocycles. The van der Waals surface area contributed by atoms with Gasteiger partial charge in [0.1, 0.15) is 23.1 Å². The number of aromatic nitrogens is 3. The normalized spacial score (nSPS) is 26.2. The molecule has 8 heterocycles. The van der Waals surface area contributed by atoms with Crippen molar-refractivity contribution in [2.45, 2.75) is 132 Å². The summed E-state index contributed by atoms with van der Waals surface area (Å²) in [5.41, 5.74) is 6.08. The first-order chi connectivity index (χ1) is 43.0. The molecule has 2 aliphatic carbocycles. The second-order valence-electron chi connectivity index (χ2n) is 26.5. The number of fused-ring (bicyclic) bond motifs is 3. The number of nitrogens with zero attached hydrogens (tertiary/aromatic N) is 8. The summed E-state index contributed by atoms with van der Waals surface area (Å²) in [4.78, 5) is 51.4. The van der Waals surface area contributed by atoms with Gasteiger partial charge in [-0.15, -0.1) is 0 Å². The van der Waals surface area contributed by atoms with E-state index in [0.717, 1.165) is 120 Å². The Kier molecular flexibility index (Phi) is 17.3. The Morgan fingerprint density at radius 3 is 2.43 bits per heavy atom. The summed E-state index contributed by atoms with van der Waals surface area (Å²) in [5.74, 6) is 2.17. The zero-order valence-corrected chi connectivity index (χ0v) is 52.5. The number of methoxy groups -OCH3 is 1. The summed E-state index contributed by atoms with van der Waals surface area (Å²) in [6.45, 7) is 16.7. The van der Waals surface area contributed by atoms with Crippen LogP contribution in [0.2, 0.25) is 0 Å². The summed E-state index contributed by atoms with van der Waals surface area (Å²) in [7, 11) is -2.91. The smallest absolute Gasteiger partial charge is 0.293 e. The number of amides is 1. The summed E-state index contributed by atoms with van der Waals surface area (Å²) in [6.07, 6.45) is 12.5. The van der Waals surface area contributed by atoms with Gasteiger partial charge in [-0.05, 0) is 160 Å². The number of hydrogen-bond acceptors (Lipinski definition) is 18. The molecule has 6 aromatic rings. The van der Waals surface area contributed by atoms with Gasteiger partial charge in [-0.1, -0.05) is 38.1 Å². The zero-order chi connectivity index (χ0) is 61.6. The lowest BCUT2D eigenvalue weighted by Crippen LogP contribution is -2.54. The first kappa shape index (κ1) is 60.8. The van der Waals surface area contributed by atoms with Gasteiger partial charge in [0.15, 0.2) is 11.6 Å². The number of H-pyrrole nitrogens is 1. The van der Waals surface area contributed by atoms with Crippen LogP contribution < -0.4 is 34.2 Å². The van der Waals surface area contributed by atoms with E-state index in [-0.39, 0.29) is 28.6 Å². The van der Waals surface area contributed by atoms with E-state index in [1.807, 2.05) is 43.6 Å². The fraction of sp³-hybridized carbons (Fsp3) is 0.537. The number of anilines is 5. The number of aliphatic hydroxyl groups is 1. The quantitative estimate of drug-likeness (QED) is 0.0521. The van der Waals surface area contributed by atoms with E-state index in [1.165, 1.54) is 41.7 Å². The minimum atomic E-state index is -4.65. The van der Waals surface area contributed by atoms with Gasteiger partial charge < -0.3 is 49.1 Å². The molecule has 4 saturated heterocycles. The van der Waals surface area contributed by atoms with Crippen molar-refractivity contribution >= 4 is 61.2 Å². The molecule has 2 saturated carbocycles. The number of sulfonamides is 1. The van der Waals surface area contributed by atoms with Crippen molar-refractivity contribution in [2.75, 3.05) is 112 Å². The molecule has 22 heteroatoms. The van der Waals surface area contributed by atoms with E-state index in [2.05, 4.69) is 83.7 Å². The van der Waals surface area contributed by atoms with Gasteiger partial charge in [0, 0.05) is 107 Å². The molecular weight excluding hydrogens is 1150 g/mol. The number of aromatic amines is 1. The van der Waals surface area contributed by atoms with Crippen LogP contribution in [-0.2, 0) is 26.0 Å². The molecule has 89 heavy (non-hydrogen) atoms. The van der Waals surface area contributed by atoms with Gasteiger partial charge in [0.25, 0.3) is 21.6 Å². The highest BCUT2D eigenvalue weighted by Crippen LogP contribution is 2.55. The molecule has 0 bridgehead atoms. The molecule has 5 aliphatic heterocycles. The lowest BCUT2D eigenvalue weighted by Gasteiger charge is -2.53. The van der Waals surface area contributed by atoms with Gasteiger partial charge >= 0.3 is 0 Å². The third-order valence-electron chi connectivity index (χ3n) is 20.6. The number of nitro benzene ring substituents is 1. The van der Waals surface area contributed by atoms with Crippen molar-refractivity contribution < 1.29 is 42.2 Å². The Bertz CT molecular complexity index is 3660. The number of morpholine rings is 1. The number of carbonyl (C=O) groups excluding carboxylic acids is 1. The maximum Gasteiger partial charge on any atom is 0.293 e. The fourth-order valence-electron chi connectivity index (χ4n) is 15.5. The Labute approximate surface area is 521 Å². The summed E-state index contributed by atoms with van der Waals surface area (Å²) in [5, 5.41) is 26.9. The van der Waals surface area contributed by atoms with E-state index < -0.39 is 43.1 Å². The molecular formula is C67H85N11O10S. The number of likely N-dealkylation sites (tertiary alicyclic amines) is 1. The lowest BCUT2D eigenvalue weighted by molar-refractivity contribution is -0.384. The van der Waals surface area contributed by atoms with E-state index in [1.54, 1.807) is 13.2 Å². The number of pyridine rings is 2. The third-order valence-corrected chi connectivity index (χ3v) is 22.0. The monoisotopic (exact) mass is 1240 g/mol. The Morgan fingerprint density at radius 1 is 0.876 bits per heavy atom. The topological polar surface area (TPSA) is 233 Å². The standard InChI is InChI=1S/C67H85N11O10S/c1-44(2)51-7-5-6-8-52(51)54-42-73(41-46-35-60(85-4)63(70-40-46)76-30-33-86-34-31-76)25-23-67(54)21-15-48(16-22-67)74-26-28-75(29-27-74)49-9-11-53(57(37-49)77-56-18-32-87-43-61(56)88-65-59(77)36-47-17-24-68-62(47)71-65)64(79)72-89(83,84)50-10-12-55(58(38-50)78(81)82)69-39-45-13-19-66(3,80)20-14-45/h5-12,17,24,35-38,40,44-45,48,54,56,61,69,80H,13-16,18-23,25-34,39,41-43H2,1-4H3,(H,68,71)(H,72,79)/t45?,48?,54-,56-,61-,66?,67?/m0/s1.